The van der Waals surface area contributed by atoms with Crippen molar-refractivity contribution in [2.45, 2.75) is 32.2 Å². The molecule has 0 unspecified atom stereocenters. The molecule has 1 aliphatic heterocycles. The van der Waals surface area contributed by atoms with Crippen LogP contribution in [-0.2, 0) is 16.0 Å². The summed E-state index contributed by atoms with van der Waals surface area (Å²) in [4.78, 5) is 23.6. The number of nitrogens with one attached hydrogen (secondary N) is 2. The molecule has 1 atom stereocenters. The van der Waals surface area contributed by atoms with E-state index < -0.39 is 6.04 Å². The van der Waals surface area contributed by atoms with Crippen LogP contribution in [0.4, 0.5) is 0 Å². The van der Waals surface area contributed by atoms with Crippen molar-refractivity contribution in [1.82, 2.24) is 10.6 Å². The number of carbonyl (C=O) groups excluding carboxylic acids is 2. The molecule has 22 heavy (non-hydrogen) atoms. The molecule has 1 aromatic carbocycles. The lowest BCUT2D eigenvalue weighted by molar-refractivity contribution is -0.128. The van der Waals surface area contributed by atoms with Crippen molar-refractivity contribution in [2.75, 3.05) is 13.7 Å². The molecule has 2 amide bonds. The summed E-state index contributed by atoms with van der Waals surface area (Å²) in [5.41, 5.74) is 1.94. The van der Waals surface area contributed by atoms with Crippen molar-refractivity contribution in [3.63, 3.8) is 0 Å². The van der Waals surface area contributed by atoms with Gasteiger partial charge in [-0.25, -0.2) is 0 Å². The highest BCUT2D eigenvalue weighted by atomic mass is 16.5. The quantitative estimate of drug-likeness (QED) is 0.812. The highest BCUT2D eigenvalue weighted by Gasteiger charge is 2.22. The van der Waals surface area contributed by atoms with Gasteiger partial charge >= 0.3 is 0 Å². The van der Waals surface area contributed by atoms with E-state index in [0.29, 0.717) is 19.4 Å². The topological polar surface area (TPSA) is 67.4 Å². The molecule has 1 saturated heterocycles. The molecule has 1 aliphatic rings. The van der Waals surface area contributed by atoms with Crippen LogP contribution in [0.15, 0.2) is 35.9 Å². The van der Waals surface area contributed by atoms with Gasteiger partial charge in [0.2, 0.25) is 11.8 Å². The molecule has 1 fully saturated rings. The van der Waals surface area contributed by atoms with Gasteiger partial charge in [-0.15, -0.1) is 0 Å². The van der Waals surface area contributed by atoms with Crippen LogP contribution in [0.5, 0.6) is 5.75 Å². The summed E-state index contributed by atoms with van der Waals surface area (Å²) < 4.78 is 5.31. The van der Waals surface area contributed by atoms with Gasteiger partial charge in [0, 0.05) is 12.6 Å². The lowest BCUT2D eigenvalue weighted by Gasteiger charge is -2.22. The summed E-state index contributed by atoms with van der Waals surface area (Å²) in [6.07, 6.45) is 3.76. The van der Waals surface area contributed by atoms with Crippen molar-refractivity contribution in [2.24, 2.45) is 0 Å². The van der Waals surface area contributed by atoms with E-state index in [2.05, 4.69) is 10.6 Å². The molecule has 2 rings (SSSR count). The van der Waals surface area contributed by atoms with Crippen LogP contribution < -0.4 is 15.4 Å². The van der Waals surface area contributed by atoms with Gasteiger partial charge in [0.15, 0.2) is 0 Å². The third-order valence-corrected chi connectivity index (χ3v) is 3.64. The highest BCUT2D eigenvalue weighted by molar-refractivity contribution is 5.93. The largest absolute Gasteiger partial charge is 0.496 e. The number of benzene rings is 1. The molecular formula is C17H22N2O3. The molecule has 5 nitrogen and oxygen atoms in total. The van der Waals surface area contributed by atoms with Crippen LogP contribution in [0.25, 0.3) is 0 Å². The Hall–Kier alpha value is -2.30. The zero-order valence-electron chi connectivity index (χ0n) is 13.0. The first-order chi connectivity index (χ1) is 10.6. The first-order valence-electron chi connectivity index (χ1n) is 7.47. The Bertz CT molecular complexity index is 581. The Balaban J connectivity index is 1.96. The summed E-state index contributed by atoms with van der Waals surface area (Å²) >= 11 is 0. The lowest BCUT2D eigenvalue weighted by Crippen LogP contribution is -2.49. The summed E-state index contributed by atoms with van der Waals surface area (Å²) in [6.45, 7) is 2.58. The van der Waals surface area contributed by atoms with Crippen LogP contribution in [0.1, 0.15) is 25.3 Å². The van der Waals surface area contributed by atoms with Crippen LogP contribution in [-0.4, -0.2) is 31.5 Å². The zero-order valence-corrected chi connectivity index (χ0v) is 13.0. The summed E-state index contributed by atoms with van der Waals surface area (Å²) in [5, 5.41) is 5.51. The van der Waals surface area contributed by atoms with E-state index in [1.54, 1.807) is 13.2 Å². The number of methoxy groups -OCH3 is 1. The fourth-order valence-corrected chi connectivity index (χ4v) is 2.55. The normalized spacial score (nSPS) is 18.5. The van der Waals surface area contributed by atoms with Gasteiger partial charge in [0.05, 0.1) is 7.11 Å². The average Bonchev–Trinajstić information content (AvgIpc) is 2.50. The number of hydrogen-bond acceptors (Lipinski definition) is 3. The highest BCUT2D eigenvalue weighted by Crippen LogP contribution is 2.20. The number of allylic oxidation sites excluding steroid dienone is 1. The average molecular weight is 302 g/mol. The fourth-order valence-electron chi connectivity index (χ4n) is 2.55. The number of hydrogen-bond donors (Lipinski definition) is 2. The maximum absolute atomic E-state index is 12.0. The molecule has 118 valence electrons. The van der Waals surface area contributed by atoms with Gasteiger partial charge in [-0.1, -0.05) is 23.8 Å². The number of para-hydroxylation sites is 1. The van der Waals surface area contributed by atoms with Crippen LogP contribution in [0, 0.1) is 0 Å². The molecule has 1 heterocycles. The van der Waals surface area contributed by atoms with Crippen LogP contribution in [0.2, 0.25) is 0 Å². The maximum atomic E-state index is 12.0. The fraction of sp³-hybridized carbons (Fsp3) is 0.412. The van der Waals surface area contributed by atoms with Crippen molar-refractivity contribution < 1.29 is 14.3 Å². The van der Waals surface area contributed by atoms with Crippen molar-refractivity contribution >= 4 is 11.8 Å². The van der Waals surface area contributed by atoms with E-state index in [9.17, 15) is 9.59 Å². The van der Waals surface area contributed by atoms with E-state index >= 15 is 0 Å². The third kappa shape index (κ3) is 4.35. The maximum Gasteiger partial charge on any atom is 0.244 e. The van der Waals surface area contributed by atoms with E-state index in [4.69, 9.17) is 4.74 Å². The standard InChI is InChI=1S/C17H22N2O3/c1-12(10-13-6-3-4-8-15(13)22-2)11-16(20)19-14-7-5-9-18-17(14)21/h3-4,6,8,11,14H,5,7,9-10H2,1-2H3,(H,18,21)(H,19,20)/b12-11-/t14-/m0/s1. The second-order valence-electron chi connectivity index (χ2n) is 5.47. The van der Waals surface area contributed by atoms with Crippen molar-refractivity contribution in [3.05, 3.63) is 41.5 Å². The van der Waals surface area contributed by atoms with Gasteiger partial charge < -0.3 is 15.4 Å². The molecule has 0 aromatic heterocycles. The second-order valence-corrected chi connectivity index (χ2v) is 5.47. The molecule has 5 heteroatoms. The molecule has 2 N–H and O–H groups in total. The van der Waals surface area contributed by atoms with E-state index in [0.717, 1.165) is 23.3 Å². The Morgan fingerprint density at radius 3 is 2.95 bits per heavy atom. The minimum absolute atomic E-state index is 0.101. The lowest BCUT2D eigenvalue weighted by atomic mass is 10.0. The zero-order chi connectivity index (χ0) is 15.9. The summed E-state index contributed by atoms with van der Waals surface area (Å²) in [7, 11) is 1.63. The minimum Gasteiger partial charge on any atom is -0.496 e. The third-order valence-electron chi connectivity index (χ3n) is 3.64. The van der Waals surface area contributed by atoms with E-state index in [-0.39, 0.29) is 11.8 Å². The summed E-state index contributed by atoms with van der Waals surface area (Å²) in [5.74, 6) is 0.479. The summed E-state index contributed by atoms with van der Waals surface area (Å²) in [6, 6.07) is 7.31. The first-order valence-corrected chi connectivity index (χ1v) is 7.47. The van der Waals surface area contributed by atoms with Gasteiger partial charge in [-0.3, -0.25) is 9.59 Å². The number of piperidine rings is 1. The first kappa shape index (κ1) is 16.1. The van der Waals surface area contributed by atoms with Gasteiger partial charge in [0.25, 0.3) is 0 Å². The number of amides is 2. The predicted molar refractivity (Wildman–Crippen MR) is 84.6 cm³/mol. The molecular weight excluding hydrogens is 280 g/mol. The van der Waals surface area contributed by atoms with Gasteiger partial charge in [-0.2, -0.15) is 0 Å². The van der Waals surface area contributed by atoms with Gasteiger partial charge in [-0.05, 0) is 37.8 Å². The Morgan fingerprint density at radius 2 is 2.23 bits per heavy atom. The molecule has 1 aromatic rings. The monoisotopic (exact) mass is 302 g/mol. The van der Waals surface area contributed by atoms with Crippen LogP contribution >= 0.6 is 0 Å². The van der Waals surface area contributed by atoms with E-state index in [1.165, 1.54) is 0 Å². The van der Waals surface area contributed by atoms with Crippen molar-refractivity contribution in [3.8, 4) is 5.75 Å². The smallest absolute Gasteiger partial charge is 0.244 e. The molecule has 0 spiro atoms. The molecule has 0 saturated carbocycles. The SMILES string of the molecule is COc1ccccc1C/C(C)=C\C(=O)N[C@H]1CCCNC1=O. The Morgan fingerprint density at radius 1 is 1.45 bits per heavy atom. The second kappa shape index (κ2) is 7.64. The van der Waals surface area contributed by atoms with E-state index in [1.807, 2.05) is 31.2 Å². The molecule has 0 aliphatic carbocycles. The van der Waals surface area contributed by atoms with Crippen molar-refractivity contribution in [1.29, 1.82) is 0 Å². The van der Waals surface area contributed by atoms with Crippen LogP contribution in [0.3, 0.4) is 0 Å². The molecule has 0 bridgehead atoms. The Labute approximate surface area is 130 Å². The van der Waals surface area contributed by atoms with Gasteiger partial charge in [0.1, 0.15) is 11.8 Å². The predicted octanol–water partition coefficient (Wildman–Crippen LogP) is 1.58. The number of rotatable bonds is 5. The minimum atomic E-state index is -0.420. The Kier molecular flexibility index (Phi) is 5.58. The number of carbonyl (C=O) groups is 2. The number of ether oxygens (including phenoxy) is 1. The molecule has 0 radical (unpaired) electrons.